The van der Waals surface area contributed by atoms with Crippen LogP contribution in [0.25, 0.3) is 0 Å². The first kappa shape index (κ1) is 9.67. The zero-order valence-corrected chi connectivity index (χ0v) is 7.92. The number of furan rings is 1. The molecular weight excluding hydrogens is 160 g/mol. The molecule has 1 heterocycles. The Labute approximate surface area is 79.5 Å². The third-order valence-corrected chi connectivity index (χ3v) is 2.15. The lowest BCUT2D eigenvalue weighted by molar-refractivity contribution is 0.492. The van der Waals surface area contributed by atoms with Gasteiger partial charge in [-0.1, -0.05) is 12.0 Å². The first-order valence-corrected chi connectivity index (χ1v) is 4.39. The molecule has 0 bridgehead atoms. The predicted octanol–water partition coefficient (Wildman–Crippen LogP) is 2.96. The highest BCUT2D eigenvalue weighted by Crippen LogP contribution is 2.14. The molecule has 0 aliphatic carbocycles. The first-order valence-electron chi connectivity index (χ1n) is 4.39. The summed E-state index contributed by atoms with van der Waals surface area (Å²) in [5, 5.41) is 0. The van der Waals surface area contributed by atoms with Crippen LogP contribution in [0.15, 0.2) is 29.4 Å². The van der Waals surface area contributed by atoms with Crippen molar-refractivity contribution >= 4 is 0 Å². The highest BCUT2D eigenvalue weighted by Gasteiger charge is 2.04. The molecule has 0 aromatic carbocycles. The highest BCUT2D eigenvalue weighted by molar-refractivity contribution is 5.15. The van der Waals surface area contributed by atoms with Gasteiger partial charge in [-0.15, -0.1) is 13.0 Å². The average molecular weight is 174 g/mol. The second-order valence-corrected chi connectivity index (χ2v) is 3.07. The molecular formula is C12H14O. The van der Waals surface area contributed by atoms with Crippen LogP contribution in [0.4, 0.5) is 0 Å². The van der Waals surface area contributed by atoms with Gasteiger partial charge in [-0.25, -0.2) is 0 Å². The van der Waals surface area contributed by atoms with Crippen LogP contribution in [-0.4, -0.2) is 0 Å². The monoisotopic (exact) mass is 174 g/mol. The molecule has 0 aliphatic heterocycles. The lowest BCUT2D eigenvalue weighted by Crippen LogP contribution is -1.95. The Hall–Kier alpha value is -1.42. The minimum absolute atomic E-state index is 0.157. The van der Waals surface area contributed by atoms with E-state index in [1.165, 1.54) is 5.56 Å². The zero-order chi connectivity index (χ0) is 9.68. The second-order valence-electron chi connectivity index (χ2n) is 3.07. The van der Waals surface area contributed by atoms with Crippen LogP contribution in [0.5, 0.6) is 0 Å². The Morgan fingerprint density at radius 1 is 1.77 bits per heavy atom. The molecule has 0 radical (unpaired) electrons. The zero-order valence-electron chi connectivity index (χ0n) is 7.92. The molecule has 0 saturated carbocycles. The summed E-state index contributed by atoms with van der Waals surface area (Å²) in [5.41, 5.74) is 1.19. The minimum Gasteiger partial charge on any atom is -0.469 e. The molecule has 0 fully saturated rings. The largest absolute Gasteiger partial charge is 0.469 e. The van der Waals surface area contributed by atoms with Gasteiger partial charge in [-0.3, -0.25) is 0 Å². The molecule has 1 aromatic heterocycles. The molecule has 1 unspecified atom stereocenters. The summed E-state index contributed by atoms with van der Waals surface area (Å²) in [6, 6.07) is 1.97. The van der Waals surface area contributed by atoms with Crippen molar-refractivity contribution in [3.05, 3.63) is 36.3 Å². The van der Waals surface area contributed by atoms with Gasteiger partial charge in [0.25, 0.3) is 0 Å². The number of rotatable bonds is 4. The smallest absolute Gasteiger partial charge is 0.106 e. The molecule has 1 rings (SSSR count). The van der Waals surface area contributed by atoms with E-state index in [0.717, 1.165) is 18.6 Å². The van der Waals surface area contributed by atoms with Crippen molar-refractivity contribution in [2.45, 2.75) is 19.8 Å². The fraction of sp³-hybridized carbons (Fsp3) is 0.333. The molecule has 1 heteroatoms. The van der Waals surface area contributed by atoms with E-state index in [0.29, 0.717) is 0 Å². The first-order chi connectivity index (χ1) is 6.27. The van der Waals surface area contributed by atoms with Crippen LogP contribution in [0.2, 0.25) is 0 Å². The predicted molar refractivity (Wildman–Crippen MR) is 54.3 cm³/mol. The van der Waals surface area contributed by atoms with E-state index in [9.17, 15) is 0 Å². The van der Waals surface area contributed by atoms with Gasteiger partial charge in [0.05, 0.1) is 6.26 Å². The van der Waals surface area contributed by atoms with Crippen molar-refractivity contribution in [3.63, 3.8) is 0 Å². The summed E-state index contributed by atoms with van der Waals surface area (Å²) >= 11 is 0. The van der Waals surface area contributed by atoms with Crippen molar-refractivity contribution in [3.8, 4) is 12.3 Å². The van der Waals surface area contributed by atoms with E-state index in [1.54, 1.807) is 12.3 Å². The second kappa shape index (κ2) is 4.57. The van der Waals surface area contributed by atoms with E-state index in [1.807, 2.05) is 13.0 Å². The van der Waals surface area contributed by atoms with Gasteiger partial charge in [0.1, 0.15) is 5.76 Å². The Balaban J connectivity index is 2.48. The Bertz CT molecular complexity index is 314. The van der Waals surface area contributed by atoms with E-state index >= 15 is 0 Å². The maximum absolute atomic E-state index is 5.31. The molecule has 0 N–H and O–H groups in total. The van der Waals surface area contributed by atoms with Gasteiger partial charge in [0.15, 0.2) is 0 Å². The number of aryl methyl sites for hydroxylation is 2. The van der Waals surface area contributed by atoms with Crippen molar-refractivity contribution in [1.82, 2.24) is 0 Å². The van der Waals surface area contributed by atoms with Crippen molar-refractivity contribution in [1.29, 1.82) is 0 Å². The van der Waals surface area contributed by atoms with Crippen LogP contribution in [0.3, 0.4) is 0 Å². The average Bonchev–Trinajstić information content (AvgIpc) is 2.54. The number of hydrogen-bond acceptors (Lipinski definition) is 1. The molecule has 0 spiro atoms. The fourth-order valence-corrected chi connectivity index (χ4v) is 1.22. The van der Waals surface area contributed by atoms with Crippen LogP contribution >= 0.6 is 0 Å². The van der Waals surface area contributed by atoms with E-state index in [2.05, 4.69) is 12.5 Å². The van der Waals surface area contributed by atoms with Gasteiger partial charge in [0.2, 0.25) is 0 Å². The van der Waals surface area contributed by atoms with Gasteiger partial charge in [-0.2, -0.15) is 0 Å². The highest BCUT2D eigenvalue weighted by atomic mass is 16.3. The Morgan fingerprint density at radius 2 is 2.54 bits per heavy atom. The van der Waals surface area contributed by atoms with E-state index in [4.69, 9.17) is 10.8 Å². The summed E-state index contributed by atoms with van der Waals surface area (Å²) in [6.07, 6.45) is 10.6. The van der Waals surface area contributed by atoms with Gasteiger partial charge >= 0.3 is 0 Å². The third kappa shape index (κ3) is 2.52. The summed E-state index contributed by atoms with van der Waals surface area (Å²) in [6.45, 7) is 5.72. The van der Waals surface area contributed by atoms with Crippen LogP contribution in [0.1, 0.15) is 17.7 Å². The number of terminal acetylenes is 1. The van der Waals surface area contributed by atoms with Crippen molar-refractivity contribution < 1.29 is 4.42 Å². The fourth-order valence-electron chi connectivity index (χ4n) is 1.22. The molecule has 13 heavy (non-hydrogen) atoms. The molecule has 0 amide bonds. The standard InChI is InChI=1S/C12H14O/c1-4-11(5-2)6-7-12-10(3)8-9-13-12/h1,5,8-9,11H,2,6-7H2,3H3. The van der Waals surface area contributed by atoms with Crippen molar-refractivity contribution in [2.24, 2.45) is 5.92 Å². The van der Waals surface area contributed by atoms with Crippen molar-refractivity contribution in [2.75, 3.05) is 0 Å². The maximum Gasteiger partial charge on any atom is 0.106 e. The lowest BCUT2D eigenvalue weighted by Gasteiger charge is -2.02. The minimum atomic E-state index is 0.157. The van der Waals surface area contributed by atoms with Crippen LogP contribution < -0.4 is 0 Å². The quantitative estimate of drug-likeness (QED) is 0.505. The maximum atomic E-state index is 5.31. The molecule has 1 nitrogen and oxygen atoms in total. The molecule has 68 valence electrons. The van der Waals surface area contributed by atoms with Crippen LogP contribution in [0, 0.1) is 25.2 Å². The Kier molecular flexibility index (Phi) is 3.40. The van der Waals surface area contributed by atoms with Gasteiger partial charge in [0, 0.05) is 12.3 Å². The molecule has 0 saturated heterocycles. The normalized spacial score (nSPS) is 12.0. The topological polar surface area (TPSA) is 13.1 Å². The molecule has 1 atom stereocenters. The molecule has 0 aliphatic rings. The summed E-state index contributed by atoms with van der Waals surface area (Å²) < 4.78 is 5.30. The summed E-state index contributed by atoms with van der Waals surface area (Å²) in [4.78, 5) is 0. The summed E-state index contributed by atoms with van der Waals surface area (Å²) in [5.74, 6) is 3.86. The molecule has 1 aromatic rings. The van der Waals surface area contributed by atoms with Gasteiger partial charge < -0.3 is 4.42 Å². The SMILES string of the molecule is C#CC(C=C)CCc1occc1C. The van der Waals surface area contributed by atoms with Gasteiger partial charge in [-0.05, 0) is 25.0 Å². The Morgan fingerprint density at radius 3 is 3.00 bits per heavy atom. The number of hydrogen-bond donors (Lipinski definition) is 0. The lowest BCUT2D eigenvalue weighted by atomic mass is 10.0. The van der Waals surface area contributed by atoms with E-state index < -0.39 is 0 Å². The van der Waals surface area contributed by atoms with E-state index in [-0.39, 0.29) is 5.92 Å². The third-order valence-electron chi connectivity index (χ3n) is 2.15. The van der Waals surface area contributed by atoms with Crippen LogP contribution in [-0.2, 0) is 6.42 Å². The number of allylic oxidation sites excluding steroid dienone is 1. The summed E-state index contributed by atoms with van der Waals surface area (Å²) in [7, 11) is 0.